The Morgan fingerprint density at radius 2 is 1.09 bits per heavy atom. The van der Waals surface area contributed by atoms with Gasteiger partial charge in [0.05, 0.1) is 7.11 Å². The number of hydrogen-bond acceptors (Lipinski definition) is 1. The highest BCUT2D eigenvalue weighted by Crippen LogP contribution is 2.32. The van der Waals surface area contributed by atoms with Crippen LogP contribution in [0.3, 0.4) is 0 Å². The van der Waals surface area contributed by atoms with Crippen LogP contribution in [0.4, 0.5) is 0 Å². The second kappa shape index (κ2) is 6.97. The summed E-state index contributed by atoms with van der Waals surface area (Å²) in [6.45, 7) is 2.18. The molecular formula is C22H20O. The van der Waals surface area contributed by atoms with E-state index in [9.17, 15) is 0 Å². The maximum Gasteiger partial charge on any atom is 0.118 e. The van der Waals surface area contributed by atoms with Crippen LogP contribution in [-0.2, 0) is 0 Å². The standard InChI is InChI=1S/C22H20O/c1-17(18-9-5-3-6-10-18)22(19-11-7-4-8-12-19)20-13-15-21(23-2)16-14-20/h3-16H,1-2H3/b22-17+. The van der Waals surface area contributed by atoms with Crippen molar-refractivity contribution >= 4 is 11.1 Å². The van der Waals surface area contributed by atoms with Crippen molar-refractivity contribution in [2.24, 2.45) is 0 Å². The minimum atomic E-state index is 0.874. The summed E-state index contributed by atoms with van der Waals surface area (Å²) in [7, 11) is 1.69. The third-order valence-electron chi connectivity index (χ3n) is 4.02. The Hall–Kier alpha value is -2.80. The predicted molar refractivity (Wildman–Crippen MR) is 97.5 cm³/mol. The van der Waals surface area contributed by atoms with Gasteiger partial charge in [-0.3, -0.25) is 0 Å². The van der Waals surface area contributed by atoms with E-state index < -0.39 is 0 Å². The molecule has 0 bridgehead atoms. The van der Waals surface area contributed by atoms with Crippen LogP contribution in [0, 0.1) is 0 Å². The van der Waals surface area contributed by atoms with Crippen molar-refractivity contribution in [1.29, 1.82) is 0 Å². The number of allylic oxidation sites excluding steroid dienone is 1. The van der Waals surface area contributed by atoms with Gasteiger partial charge >= 0.3 is 0 Å². The number of benzene rings is 3. The van der Waals surface area contributed by atoms with Crippen molar-refractivity contribution in [2.45, 2.75) is 6.92 Å². The first-order valence-electron chi connectivity index (χ1n) is 7.76. The van der Waals surface area contributed by atoms with Gasteiger partial charge in [0.15, 0.2) is 0 Å². The molecule has 0 aromatic heterocycles. The highest BCUT2D eigenvalue weighted by Gasteiger charge is 2.10. The summed E-state index contributed by atoms with van der Waals surface area (Å²) in [5, 5.41) is 0. The highest BCUT2D eigenvalue weighted by molar-refractivity contribution is 5.97. The van der Waals surface area contributed by atoms with Crippen molar-refractivity contribution in [3.8, 4) is 5.75 Å². The molecule has 0 amide bonds. The van der Waals surface area contributed by atoms with E-state index in [2.05, 4.69) is 67.6 Å². The zero-order valence-corrected chi connectivity index (χ0v) is 13.5. The molecule has 23 heavy (non-hydrogen) atoms. The summed E-state index contributed by atoms with van der Waals surface area (Å²) in [5.41, 5.74) is 6.17. The van der Waals surface area contributed by atoms with Crippen molar-refractivity contribution in [3.05, 3.63) is 102 Å². The Morgan fingerprint density at radius 3 is 1.61 bits per heavy atom. The van der Waals surface area contributed by atoms with Crippen molar-refractivity contribution in [1.82, 2.24) is 0 Å². The number of ether oxygens (including phenoxy) is 1. The van der Waals surface area contributed by atoms with Crippen LogP contribution in [0.2, 0.25) is 0 Å². The zero-order valence-electron chi connectivity index (χ0n) is 13.5. The molecule has 0 saturated carbocycles. The zero-order chi connectivity index (χ0) is 16.1. The van der Waals surface area contributed by atoms with Gasteiger partial charge in [0.1, 0.15) is 5.75 Å². The Bertz CT molecular complexity index is 784. The van der Waals surface area contributed by atoms with E-state index in [1.54, 1.807) is 7.11 Å². The quantitative estimate of drug-likeness (QED) is 0.564. The molecule has 3 aromatic rings. The van der Waals surface area contributed by atoms with Crippen LogP contribution in [0.25, 0.3) is 11.1 Å². The summed E-state index contributed by atoms with van der Waals surface area (Å²) in [6, 6.07) is 29.3. The first-order chi connectivity index (χ1) is 11.3. The van der Waals surface area contributed by atoms with E-state index >= 15 is 0 Å². The normalized spacial score (nSPS) is 11.7. The van der Waals surface area contributed by atoms with E-state index in [1.165, 1.54) is 27.8 Å². The Morgan fingerprint density at radius 1 is 0.609 bits per heavy atom. The molecule has 0 aliphatic carbocycles. The molecule has 0 aliphatic heterocycles. The third kappa shape index (κ3) is 3.35. The van der Waals surface area contributed by atoms with Crippen LogP contribution in [0.1, 0.15) is 23.6 Å². The van der Waals surface area contributed by atoms with Gasteiger partial charge in [-0.05, 0) is 46.9 Å². The number of methoxy groups -OCH3 is 1. The molecule has 0 N–H and O–H groups in total. The predicted octanol–water partition coefficient (Wildman–Crippen LogP) is 5.67. The van der Waals surface area contributed by atoms with E-state index in [-0.39, 0.29) is 0 Å². The lowest BCUT2D eigenvalue weighted by Crippen LogP contribution is -1.93. The lowest BCUT2D eigenvalue weighted by molar-refractivity contribution is 0.415. The molecule has 114 valence electrons. The summed E-state index contributed by atoms with van der Waals surface area (Å²) in [6.07, 6.45) is 0. The molecule has 0 unspecified atom stereocenters. The molecule has 3 rings (SSSR count). The lowest BCUT2D eigenvalue weighted by atomic mass is 9.90. The molecule has 0 radical (unpaired) electrons. The lowest BCUT2D eigenvalue weighted by Gasteiger charge is -2.14. The molecule has 0 heterocycles. The first kappa shape index (κ1) is 15.1. The van der Waals surface area contributed by atoms with Crippen molar-refractivity contribution < 1.29 is 4.74 Å². The summed E-state index contributed by atoms with van der Waals surface area (Å²) < 4.78 is 5.28. The minimum Gasteiger partial charge on any atom is -0.497 e. The van der Waals surface area contributed by atoms with Gasteiger partial charge in [0.25, 0.3) is 0 Å². The number of rotatable bonds is 4. The fourth-order valence-electron chi connectivity index (χ4n) is 2.79. The largest absolute Gasteiger partial charge is 0.497 e. The van der Waals surface area contributed by atoms with E-state index in [4.69, 9.17) is 4.74 Å². The molecule has 0 saturated heterocycles. The maximum atomic E-state index is 5.28. The van der Waals surface area contributed by atoms with Gasteiger partial charge in [0.2, 0.25) is 0 Å². The SMILES string of the molecule is COc1ccc(/C(=C(\C)c2ccccc2)c2ccccc2)cc1. The molecule has 0 aliphatic rings. The Kier molecular flexibility index (Phi) is 4.58. The van der Waals surface area contributed by atoms with Gasteiger partial charge in [-0.2, -0.15) is 0 Å². The van der Waals surface area contributed by atoms with E-state index in [1.807, 2.05) is 24.3 Å². The molecule has 0 spiro atoms. The summed E-state index contributed by atoms with van der Waals surface area (Å²) in [5.74, 6) is 0.874. The van der Waals surface area contributed by atoms with Crippen LogP contribution < -0.4 is 4.74 Å². The number of hydrogen-bond donors (Lipinski definition) is 0. The molecule has 3 aromatic carbocycles. The topological polar surface area (TPSA) is 9.23 Å². The Labute approximate surface area is 137 Å². The van der Waals surface area contributed by atoms with Gasteiger partial charge in [-0.1, -0.05) is 72.8 Å². The van der Waals surface area contributed by atoms with Crippen molar-refractivity contribution in [3.63, 3.8) is 0 Å². The summed E-state index contributed by atoms with van der Waals surface area (Å²) in [4.78, 5) is 0. The maximum absolute atomic E-state index is 5.28. The third-order valence-corrected chi connectivity index (χ3v) is 4.02. The molecule has 0 atom stereocenters. The van der Waals surface area contributed by atoms with Crippen LogP contribution in [-0.4, -0.2) is 7.11 Å². The molecule has 0 fully saturated rings. The average molecular weight is 300 g/mol. The molecule has 1 nitrogen and oxygen atoms in total. The second-order valence-corrected chi connectivity index (χ2v) is 5.46. The van der Waals surface area contributed by atoms with Crippen LogP contribution >= 0.6 is 0 Å². The second-order valence-electron chi connectivity index (χ2n) is 5.46. The fraction of sp³-hybridized carbons (Fsp3) is 0.0909. The van der Waals surface area contributed by atoms with Gasteiger partial charge < -0.3 is 4.74 Å². The fourth-order valence-corrected chi connectivity index (χ4v) is 2.79. The van der Waals surface area contributed by atoms with Gasteiger partial charge in [-0.15, -0.1) is 0 Å². The van der Waals surface area contributed by atoms with Gasteiger partial charge in [0, 0.05) is 0 Å². The monoisotopic (exact) mass is 300 g/mol. The van der Waals surface area contributed by atoms with E-state index in [0.717, 1.165) is 5.75 Å². The van der Waals surface area contributed by atoms with Gasteiger partial charge in [-0.25, -0.2) is 0 Å². The highest BCUT2D eigenvalue weighted by atomic mass is 16.5. The van der Waals surface area contributed by atoms with Crippen LogP contribution in [0.15, 0.2) is 84.9 Å². The van der Waals surface area contributed by atoms with E-state index in [0.29, 0.717) is 0 Å². The van der Waals surface area contributed by atoms with Crippen molar-refractivity contribution in [2.75, 3.05) is 7.11 Å². The molecule has 1 heteroatoms. The average Bonchev–Trinajstić information content (AvgIpc) is 2.64. The first-order valence-corrected chi connectivity index (χ1v) is 7.76. The molecular weight excluding hydrogens is 280 g/mol. The Balaban J connectivity index is 2.18. The minimum absolute atomic E-state index is 0.874. The summed E-state index contributed by atoms with van der Waals surface area (Å²) >= 11 is 0. The van der Waals surface area contributed by atoms with Crippen LogP contribution in [0.5, 0.6) is 5.75 Å². The smallest absolute Gasteiger partial charge is 0.118 e.